The molecule has 0 aliphatic heterocycles. The van der Waals surface area contributed by atoms with E-state index in [9.17, 15) is 13.2 Å². The molecule has 0 fully saturated rings. The quantitative estimate of drug-likeness (QED) is 0.852. The normalized spacial score (nSPS) is 11.4. The van der Waals surface area contributed by atoms with Crippen LogP contribution < -0.4 is 4.72 Å². The second kappa shape index (κ2) is 5.49. The van der Waals surface area contributed by atoms with Gasteiger partial charge in [0.2, 0.25) is 0 Å². The summed E-state index contributed by atoms with van der Waals surface area (Å²) in [5.74, 6) is -1.20. The predicted octanol–water partition coefficient (Wildman–Crippen LogP) is 1.99. The van der Waals surface area contributed by atoms with Gasteiger partial charge in [0.25, 0.3) is 10.0 Å². The molecule has 0 amide bonds. The minimum absolute atomic E-state index is 0.0990. The van der Waals surface area contributed by atoms with E-state index in [1.165, 1.54) is 23.1 Å². The number of carboxylic acids is 1. The number of hydrogen-bond acceptors (Lipinski definition) is 4. The standard InChI is InChI=1S/C12H12BrN3O4S/c1-7-10(13)3-8(12(17)18)4-11(7)21(19,20)15-9-5-14-16(2)6-9/h3-6,15H,1-2H3,(H,17,18). The first-order valence-corrected chi connectivity index (χ1v) is 8.03. The van der Waals surface area contributed by atoms with E-state index in [-0.39, 0.29) is 10.5 Å². The van der Waals surface area contributed by atoms with Crippen LogP contribution in [0.4, 0.5) is 5.69 Å². The molecule has 21 heavy (non-hydrogen) atoms. The Bertz CT molecular complexity index is 814. The number of sulfonamides is 1. The third-order valence-electron chi connectivity index (χ3n) is 2.79. The van der Waals surface area contributed by atoms with Crippen LogP contribution in [0, 0.1) is 6.92 Å². The van der Waals surface area contributed by atoms with Crippen LogP contribution in [0.3, 0.4) is 0 Å². The van der Waals surface area contributed by atoms with Crippen molar-refractivity contribution in [3.63, 3.8) is 0 Å². The summed E-state index contributed by atoms with van der Waals surface area (Å²) in [5, 5.41) is 12.9. The van der Waals surface area contributed by atoms with E-state index in [1.54, 1.807) is 14.0 Å². The Labute approximate surface area is 129 Å². The number of rotatable bonds is 4. The first-order chi connectivity index (χ1) is 9.70. The number of hydrogen-bond donors (Lipinski definition) is 2. The van der Waals surface area contributed by atoms with Gasteiger partial charge >= 0.3 is 5.97 Å². The predicted molar refractivity (Wildman–Crippen MR) is 79.9 cm³/mol. The highest BCUT2D eigenvalue weighted by Gasteiger charge is 2.21. The van der Waals surface area contributed by atoms with Crippen LogP contribution in [-0.2, 0) is 17.1 Å². The zero-order valence-electron chi connectivity index (χ0n) is 11.2. The molecule has 2 aromatic rings. The number of nitrogens with zero attached hydrogens (tertiary/aromatic N) is 2. The molecule has 112 valence electrons. The number of nitrogens with one attached hydrogen (secondary N) is 1. The van der Waals surface area contributed by atoms with Crippen molar-refractivity contribution in [1.29, 1.82) is 0 Å². The molecule has 2 rings (SSSR count). The van der Waals surface area contributed by atoms with Crippen molar-refractivity contribution < 1.29 is 18.3 Å². The molecule has 0 aliphatic rings. The maximum Gasteiger partial charge on any atom is 0.335 e. The molecule has 0 saturated carbocycles. The average molecular weight is 374 g/mol. The number of anilines is 1. The fourth-order valence-corrected chi connectivity index (χ4v) is 3.65. The van der Waals surface area contributed by atoms with Crippen LogP contribution >= 0.6 is 15.9 Å². The molecule has 0 spiro atoms. The Balaban J connectivity index is 2.51. The fraction of sp³-hybridized carbons (Fsp3) is 0.167. The fourth-order valence-electron chi connectivity index (χ4n) is 1.74. The molecule has 0 aliphatic carbocycles. The second-order valence-electron chi connectivity index (χ2n) is 4.39. The Morgan fingerprint density at radius 3 is 2.62 bits per heavy atom. The molecular weight excluding hydrogens is 362 g/mol. The summed E-state index contributed by atoms with van der Waals surface area (Å²) in [6, 6.07) is 2.49. The van der Waals surface area contributed by atoms with E-state index in [4.69, 9.17) is 5.11 Å². The number of aryl methyl sites for hydroxylation is 1. The minimum Gasteiger partial charge on any atom is -0.478 e. The lowest BCUT2D eigenvalue weighted by Gasteiger charge is -2.11. The van der Waals surface area contributed by atoms with Crippen molar-refractivity contribution in [2.45, 2.75) is 11.8 Å². The highest BCUT2D eigenvalue weighted by Crippen LogP contribution is 2.27. The van der Waals surface area contributed by atoms with Gasteiger partial charge in [-0.15, -0.1) is 0 Å². The van der Waals surface area contributed by atoms with Crippen molar-refractivity contribution in [3.05, 3.63) is 40.1 Å². The maximum absolute atomic E-state index is 12.4. The molecular formula is C12H12BrN3O4S. The lowest BCUT2D eigenvalue weighted by Crippen LogP contribution is -2.15. The molecule has 0 atom stereocenters. The highest BCUT2D eigenvalue weighted by atomic mass is 79.9. The van der Waals surface area contributed by atoms with Gasteiger partial charge in [0.1, 0.15) is 0 Å². The van der Waals surface area contributed by atoms with Crippen molar-refractivity contribution in [2.75, 3.05) is 4.72 Å². The van der Waals surface area contributed by atoms with Crippen molar-refractivity contribution in [1.82, 2.24) is 9.78 Å². The van der Waals surface area contributed by atoms with Gasteiger partial charge < -0.3 is 5.11 Å². The average Bonchev–Trinajstić information content (AvgIpc) is 2.76. The van der Waals surface area contributed by atoms with Gasteiger partial charge in [-0.2, -0.15) is 5.10 Å². The second-order valence-corrected chi connectivity index (χ2v) is 6.90. The topological polar surface area (TPSA) is 101 Å². The van der Waals surface area contributed by atoms with Gasteiger partial charge in [-0.1, -0.05) is 15.9 Å². The van der Waals surface area contributed by atoms with E-state index >= 15 is 0 Å². The molecule has 1 heterocycles. The SMILES string of the molecule is Cc1c(Br)cc(C(=O)O)cc1S(=O)(=O)Nc1cnn(C)c1. The molecule has 9 heteroatoms. The van der Waals surface area contributed by atoms with Gasteiger partial charge in [-0.3, -0.25) is 9.40 Å². The molecule has 1 aromatic carbocycles. The van der Waals surface area contributed by atoms with Gasteiger partial charge in [-0.05, 0) is 24.6 Å². The molecule has 0 radical (unpaired) electrons. The smallest absolute Gasteiger partial charge is 0.335 e. The van der Waals surface area contributed by atoms with Crippen LogP contribution in [-0.4, -0.2) is 29.3 Å². The van der Waals surface area contributed by atoms with Crippen LogP contribution in [0.15, 0.2) is 33.9 Å². The maximum atomic E-state index is 12.4. The monoisotopic (exact) mass is 373 g/mol. The van der Waals surface area contributed by atoms with E-state index < -0.39 is 16.0 Å². The number of aromatic nitrogens is 2. The highest BCUT2D eigenvalue weighted by molar-refractivity contribution is 9.10. The largest absolute Gasteiger partial charge is 0.478 e. The summed E-state index contributed by atoms with van der Waals surface area (Å²) < 4.78 is 29.0. The first kappa shape index (κ1) is 15.5. The zero-order chi connectivity index (χ0) is 15.8. The molecule has 2 N–H and O–H groups in total. The van der Waals surface area contributed by atoms with E-state index in [2.05, 4.69) is 25.8 Å². The Morgan fingerprint density at radius 1 is 1.43 bits per heavy atom. The van der Waals surface area contributed by atoms with Crippen molar-refractivity contribution in [2.24, 2.45) is 7.05 Å². The molecule has 0 saturated heterocycles. The van der Waals surface area contributed by atoms with Crippen LogP contribution in [0.1, 0.15) is 15.9 Å². The van der Waals surface area contributed by atoms with E-state index in [1.807, 2.05) is 0 Å². The summed E-state index contributed by atoms with van der Waals surface area (Å²) in [5.41, 5.74) is 0.615. The van der Waals surface area contributed by atoms with E-state index in [0.29, 0.717) is 15.7 Å². The summed E-state index contributed by atoms with van der Waals surface area (Å²) in [6.07, 6.45) is 2.87. The van der Waals surface area contributed by atoms with Crippen molar-refractivity contribution in [3.8, 4) is 0 Å². The Hall–Kier alpha value is -1.87. The molecule has 0 unspecified atom stereocenters. The molecule has 0 bridgehead atoms. The van der Waals surface area contributed by atoms with Crippen molar-refractivity contribution >= 4 is 37.6 Å². The Kier molecular flexibility index (Phi) is 4.06. The molecule has 7 nitrogen and oxygen atoms in total. The molecule has 1 aromatic heterocycles. The summed E-state index contributed by atoms with van der Waals surface area (Å²) >= 11 is 3.18. The lowest BCUT2D eigenvalue weighted by atomic mass is 10.1. The van der Waals surface area contributed by atoms with Crippen LogP contribution in [0.2, 0.25) is 0 Å². The summed E-state index contributed by atoms with van der Waals surface area (Å²) in [7, 11) is -2.25. The van der Waals surface area contributed by atoms with Gasteiger partial charge in [-0.25, -0.2) is 13.2 Å². The Morgan fingerprint density at radius 2 is 2.10 bits per heavy atom. The number of aromatic carboxylic acids is 1. The van der Waals surface area contributed by atoms with Crippen LogP contribution in [0.25, 0.3) is 0 Å². The number of carboxylic acid groups (broad SMARTS) is 1. The third kappa shape index (κ3) is 3.24. The van der Waals surface area contributed by atoms with Gasteiger partial charge in [0.05, 0.1) is 22.3 Å². The number of halogens is 1. The first-order valence-electron chi connectivity index (χ1n) is 5.75. The van der Waals surface area contributed by atoms with E-state index in [0.717, 1.165) is 6.07 Å². The van der Waals surface area contributed by atoms with Crippen LogP contribution in [0.5, 0.6) is 0 Å². The zero-order valence-corrected chi connectivity index (χ0v) is 13.6. The summed E-state index contributed by atoms with van der Waals surface area (Å²) in [4.78, 5) is 11.0. The summed E-state index contributed by atoms with van der Waals surface area (Å²) in [6.45, 7) is 1.59. The minimum atomic E-state index is -3.91. The van der Waals surface area contributed by atoms with Gasteiger partial charge in [0, 0.05) is 17.7 Å². The third-order valence-corrected chi connectivity index (χ3v) is 5.12. The lowest BCUT2D eigenvalue weighted by molar-refractivity contribution is 0.0696. The number of carbonyl (C=O) groups is 1. The van der Waals surface area contributed by atoms with Gasteiger partial charge in [0.15, 0.2) is 0 Å². The number of benzene rings is 1.